The highest BCUT2D eigenvalue weighted by Crippen LogP contribution is 2.28. The summed E-state index contributed by atoms with van der Waals surface area (Å²) < 4.78 is 5.30. The summed E-state index contributed by atoms with van der Waals surface area (Å²) in [4.78, 5) is 2.56. The molecule has 1 aliphatic heterocycles. The van der Waals surface area contributed by atoms with Crippen molar-refractivity contribution in [2.24, 2.45) is 5.73 Å². The molecule has 1 saturated heterocycles. The van der Waals surface area contributed by atoms with Crippen LogP contribution in [-0.2, 0) is 0 Å². The summed E-state index contributed by atoms with van der Waals surface area (Å²) >= 11 is 0. The molecule has 0 spiro atoms. The van der Waals surface area contributed by atoms with Gasteiger partial charge in [0.15, 0.2) is 0 Å². The second-order valence-corrected chi connectivity index (χ2v) is 6.04. The molecule has 0 saturated carbocycles. The predicted octanol–water partition coefficient (Wildman–Crippen LogP) is 2.70. The van der Waals surface area contributed by atoms with Crippen molar-refractivity contribution < 1.29 is 4.74 Å². The second kappa shape index (κ2) is 7.66. The Labute approximate surface area is 128 Å². The molecule has 0 bridgehead atoms. The van der Waals surface area contributed by atoms with E-state index in [2.05, 4.69) is 23.2 Å². The van der Waals surface area contributed by atoms with Crippen molar-refractivity contribution in [3.8, 4) is 5.75 Å². The largest absolute Gasteiger partial charge is 0.497 e. The number of benzene rings is 1. The summed E-state index contributed by atoms with van der Waals surface area (Å²) in [6.45, 7) is 6.43. The van der Waals surface area contributed by atoms with Crippen LogP contribution in [0.2, 0.25) is 0 Å². The van der Waals surface area contributed by atoms with Crippen LogP contribution in [0.5, 0.6) is 5.75 Å². The van der Waals surface area contributed by atoms with E-state index in [0.29, 0.717) is 6.54 Å². The number of methoxy groups -OCH3 is 1. The minimum Gasteiger partial charge on any atom is -0.497 e. The fourth-order valence-corrected chi connectivity index (χ4v) is 3.18. The first-order valence-electron chi connectivity index (χ1n) is 8.06. The van der Waals surface area contributed by atoms with Gasteiger partial charge in [-0.3, -0.25) is 0 Å². The highest BCUT2D eigenvalue weighted by Gasteiger charge is 2.31. The van der Waals surface area contributed by atoms with E-state index in [4.69, 9.17) is 10.5 Å². The molecule has 2 rings (SSSR count). The van der Waals surface area contributed by atoms with Gasteiger partial charge in [0.1, 0.15) is 5.75 Å². The first-order valence-corrected chi connectivity index (χ1v) is 8.06. The van der Waals surface area contributed by atoms with Crippen LogP contribution in [0.15, 0.2) is 24.3 Å². The molecule has 0 aromatic heterocycles. The van der Waals surface area contributed by atoms with Gasteiger partial charge in [-0.15, -0.1) is 0 Å². The minimum absolute atomic E-state index is 0.00879. The van der Waals surface area contributed by atoms with Crippen LogP contribution in [-0.4, -0.2) is 43.7 Å². The molecule has 0 radical (unpaired) electrons. The van der Waals surface area contributed by atoms with Crippen LogP contribution in [0.3, 0.4) is 0 Å². The number of hydrogen-bond donors (Lipinski definition) is 2. The normalized spacial score (nSPS) is 23.6. The van der Waals surface area contributed by atoms with Crippen LogP contribution >= 0.6 is 0 Å². The second-order valence-electron chi connectivity index (χ2n) is 6.04. The first kappa shape index (κ1) is 16.1. The van der Waals surface area contributed by atoms with Crippen molar-refractivity contribution in [2.75, 3.05) is 38.6 Å². The van der Waals surface area contributed by atoms with Gasteiger partial charge in [0.05, 0.1) is 12.6 Å². The topological polar surface area (TPSA) is 50.5 Å². The molecule has 1 atom stereocenters. The molecule has 1 heterocycles. The molecule has 1 aromatic carbocycles. The summed E-state index contributed by atoms with van der Waals surface area (Å²) in [5.74, 6) is 0.883. The lowest BCUT2D eigenvalue weighted by Crippen LogP contribution is -2.46. The maximum atomic E-state index is 6.13. The van der Waals surface area contributed by atoms with E-state index >= 15 is 0 Å². The van der Waals surface area contributed by atoms with E-state index in [-0.39, 0.29) is 5.54 Å². The lowest BCUT2D eigenvalue weighted by Gasteiger charge is -2.34. The Morgan fingerprint density at radius 3 is 2.90 bits per heavy atom. The molecule has 4 nitrogen and oxygen atoms in total. The Balaban J connectivity index is 2.06. The van der Waals surface area contributed by atoms with Crippen LogP contribution in [0.25, 0.3) is 0 Å². The maximum Gasteiger partial charge on any atom is 0.120 e. The highest BCUT2D eigenvalue weighted by atomic mass is 16.5. The van der Waals surface area contributed by atoms with E-state index in [1.807, 2.05) is 18.2 Å². The maximum absolute atomic E-state index is 6.13. The lowest BCUT2D eigenvalue weighted by molar-refractivity contribution is 0.279. The molecule has 118 valence electrons. The standard InChI is InChI=1S/C17H29N3O/c1-3-10-20-11-5-8-17(14-18,9-12-20)19-15-6-4-7-16(13-15)21-2/h4,6-7,13,19H,3,5,8-12,14,18H2,1-2H3. The third kappa shape index (κ3) is 4.35. The van der Waals surface area contributed by atoms with Gasteiger partial charge in [0.25, 0.3) is 0 Å². The Morgan fingerprint density at radius 1 is 1.33 bits per heavy atom. The molecular weight excluding hydrogens is 262 g/mol. The van der Waals surface area contributed by atoms with Gasteiger partial charge in [-0.25, -0.2) is 0 Å². The number of ether oxygens (including phenoxy) is 1. The fourth-order valence-electron chi connectivity index (χ4n) is 3.18. The summed E-state index contributed by atoms with van der Waals surface area (Å²) in [5, 5.41) is 3.69. The number of rotatable bonds is 6. The SMILES string of the molecule is CCCN1CCCC(CN)(Nc2cccc(OC)c2)CC1. The Kier molecular flexibility index (Phi) is 5.88. The van der Waals surface area contributed by atoms with Gasteiger partial charge in [0, 0.05) is 24.8 Å². The fraction of sp³-hybridized carbons (Fsp3) is 0.647. The van der Waals surface area contributed by atoms with Gasteiger partial charge in [0.2, 0.25) is 0 Å². The Bertz CT molecular complexity index is 438. The number of nitrogens with zero attached hydrogens (tertiary/aromatic N) is 1. The minimum atomic E-state index is 0.00879. The van der Waals surface area contributed by atoms with E-state index < -0.39 is 0 Å². The zero-order valence-corrected chi connectivity index (χ0v) is 13.4. The Hall–Kier alpha value is -1.26. The van der Waals surface area contributed by atoms with Crippen molar-refractivity contribution in [2.45, 2.75) is 38.1 Å². The van der Waals surface area contributed by atoms with Crippen molar-refractivity contribution in [3.63, 3.8) is 0 Å². The van der Waals surface area contributed by atoms with E-state index in [0.717, 1.165) is 30.8 Å². The molecule has 0 aliphatic carbocycles. The quantitative estimate of drug-likeness (QED) is 0.846. The van der Waals surface area contributed by atoms with Gasteiger partial charge in [-0.05, 0) is 50.9 Å². The monoisotopic (exact) mass is 291 g/mol. The molecule has 21 heavy (non-hydrogen) atoms. The zero-order valence-electron chi connectivity index (χ0n) is 13.4. The van der Waals surface area contributed by atoms with Crippen LogP contribution < -0.4 is 15.8 Å². The average Bonchev–Trinajstić information content (AvgIpc) is 2.71. The van der Waals surface area contributed by atoms with Gasteiger partial charge >= 0.3 is 0 Å². The summed E-state index contributed by atoms with van der Waals surface area (Å²) in [7, 11) is 1.70. The first-order chi connectivity index (χ1) is 10.2. The molecule has 1 aromatic rings. The van der Waals surface area contributed by atoms with Crippen LogP contribution in [0, 0.1) is 0 Å². The predicted molar refractivity (Wildman–Crippen MR) is 89.0 cm³/mol. The van der Waals surface area contributed by atoms with Crippen molar-refractivity contribution >= 4 is 5.69 Å². The van der Waals surface area contributed by atoms with Gasteiger partial charge < -0.3 is 20.7 Å². The third-order valence-electron chi connectivity index (χ3n) is 4.45. The average molecular weight is 291 g/mol. The number of nitrogens with one attached hydrogen (secondary N) is 1. The van der Waals surface area contributed by atoms with Gasteiger partial charge in [-0.1, -0.05) is 13.0 Å². The lowest BCUT2D eigenvalue weighted by atomic mass is 9.90. The number of nitrogens with two attached hydrogens (primary N) is 1. The molecule has 1 aliphatic rings. The third-order valence-corrected chi connectivity index (χ3v) is 4.45. The van der Waals surface area contributed by atoms with Crippen molar-refractivity contribution in [1.82, 2.24) is 4.90 Å². The summed E-state index contributed by atoms with van der Waals surface area (Å²) in [6.07, 6.45) is 4.65. The molecule has 3 N–H and O–H groups in total. The van der Waals surface area contributed by atoms with E-state index in [9.17, 15) is 0 Å². The van der Waals surface area contributed by atoms with Gasteiger partial charge in [-0.2, -0.15) is 0 Å². The van der Waals surface area contributed by atoms with Crippen LogP contribution in [0.1, 0.15) is 32.6 Å². The number of hydrogen-bond acceptors (Lipinski definition) is 4. The summed E-state index contributed by atoms with van der Waals surface area (Å²) in [5.41, 5.74) is 7.24. The van der Waals surface area contributed by atoms with Crippen molar-refractivity contribution in [1.29, 1.82) is 0 Å². The molecule has 1 fully saturated rings. The Morgan fingerprint density at radius 2 is 2.19 bits per heavy atom. The van der Waals surface area contributed by atoms with Crippen LogP contribution in [0.4, 0.5) is 5.69 Å². The molecule has 1 unspecified atom stereocenters. The zero-order chi connectivity index (χ0) is 15.1. The number of anilines is 1. The van der Waals surface area contributed by atoms with Crippen molar-refractivity contribution in [3.05, 3.63) is 24.3 Å². The molecular formula is C17H29N3O. The number of likely N-dealkylation sites (tertiary alicyclic amines) is 1. The molecule has 4 heteroatoms. The highest BCUT2D eigenvalue weighted by molar-refractivity contribution is 5.50. The van der Waals surface area contributed by atoms with E-state index in [1.54, 1.807) is 7.11 Å². The molecule has 0 amide bonds. The summed E-state index contributed by atoms with van der Waals surface area (Å²) in [6, 6.07) is 8.13. The smallest absolute Gasteiger partial charge is 0.120 e. The van der Waals surface area contributed by atoms with E-state index in [1.165, 1.54) is 25.9 Å².